The van der Waals surface area contributed by atoms with Crippen LogP contribution in [-0.4, -0.2) is 44.9 Å². The van der Waals surface area contributed by atoms with E-state index < -0.39 is 8.80 Å². The number of anilines is 2. The van der Waals surface area contributed by atoms with Crippen LogP contribution in [0.3, 0.4) is 0 Å². The summed E-state index contributed by atoms with van der Waals surface area (Å²) in [4.78, 5) is 3.76. The minimum Gasteiger partial charge on any atom is -0.376 e. The Morgan fingerprint density at radius 1 is 1.20 bits per heavy atom. The Labute approximate surface area is 88.5 Å². The highest BCUT2D eigenvalue weighted by atomic mass is 28.4. The Morgan fingerprint density at radius 2 is 1.73 bits per heavy atom. The third-order valence-electron chi connectivity index (χ3n) is 1.99. The van der Waals surface area contributed by atoms with Gasteiger partial charge >= 0.3 is 8.80 Å². The third kappa shape index (κ3) is 2.44. The van der Waals surface area contributed by atoms with Crippen LogP contribution in [0.15, 0.2) is 0 Å². The largest absolute Gasteiger partial charge is 0.522 e. The van der Waals surface area contributed by atoms with Crippen LogP contribution < -0.4 is 11.5 Å². The number of nitrogens with zero attached hydrogens (tertiary/aromatic N) is 3. The molecule has 4 N–H and O–H groups in total. The van der Waals surface area contributed by atoms with Crippen molar-refractivity contribution in [1.29, 1.82) is 0 Å². The molecule has 15 heavy (non-hydrogen) atoms. The molecule has 0 aliphatic heterocycles. The van der Waals surface area contributed by atoms with Crippen LogP contribution in [-0.2, 0) is 19.4 Å². The van der Waals surface area contributed by atoms with Gasteiger partial charge in [-0.1, -0.05) is 0 Å². The highest BCUT2D eigenvalue weighted by molar-refractivity contribution is 6.59. The first-order valence-electron chi connectivity index (χ1n) is 4.18. The lowest BCUT2D eigenvalue weighted by Gasteiger charge is -2.23. The van der Waals surface area contributed by atoms with Crippen molar-refractivity contribution >= 4 is 20.7 Å². The molecule has 1 aromatic heterocycles. The van der Waals surface area contributed by atoms with Crippen LogP contribution in [0.4, 0.5) is 11.9 Å². The lowest BCUT2D eigenvalue weighted by Crippen LogP contribution is -2.48. The van der Waals surface area contributed by atoms with Gasteiger partial charge in [0.05, 0.1) is 0 Å². The maximum Gasteiger partial charge on any atom is 0.522 e. The Morgan fingerprint density at radius 3 is 2.07 bits per heavy atom. The summed E-state index contributed by atoms with van der Waals surface area (Å²) in [6, 6.07) is 0. The van der Waals surface area contributed by atoms with Gasteiger partial charge in [0, 0.05) is 21.3 Å². The van der Waals surface area contributed by atoms with Crippen molar-refractivity contribution in [3.63, 3.8) is 0 Å². The van der Waals surface area contributed by atoms with Crippen LogP contribution in [0.5, 0.6) is 0 Å². The standard InChI is InChI=1S/C6H15N5O3Si/c1-12-15(13-2,14-3)4-11-6(8)9-5(7)10-11/h4H2,1-3H3,(H4,7,8,9,10). The Balaban J connectivity index is 2.87. The highest BCUT2D eigenvalue weighted by Gasteiger charge is 2.39. The molecule has 0 aromatic carbocycles. The fourth-order valence-electron chi connectivity index (χ4n) is 1.12. The molecule has 0 unspecified atom stereocenters. The van der Waals surface area contributed by atoms with E-state index in [0.29, 0.717) is 0 Å². The minimum atomic E-state index is -2.75. The highest BCUT2D eigenvalue weighted by Crippen LogP contribution is 2.11. The number of hydrogen-bond acceptors (Lipinski definition) is 7. The molecule has 1 heterocycles. The van der Waals surface area contributed by atoms with Crippen LogP contribution in [0.25, 0.3) is 0 Å². The second-order valence-electron chi connectivity index (χ2n) is 2.78. The molecule has 0 amide bonds. The molecule has 0 saturated carbocycles. The quantitative estimate of drug-likeness (QED) is 0.618. The summed E-state index contributed by atoms with van der Waals surface area (Å²) in [5.74, 6) is 0.314. The van der Waals surface area contributed by atoms with Gasteiger partial charge in [0.15, 0.2) is 0 Å². The predicted octanol–water partition coefficient (Wildman–Crippen LogP) is -1.14. The lowest BCUT2D eigenvalue weighted by molar-refractivity contribution is 0.115. The van der Waals surface area contributed by atoms with Crippen LogP contribution >= 0.6 is 0 Å². The zero-order valence-electron chi connectivity index (χ0n) is 8.93. The van der Waals surface area contributed by atoms with Gasteiger partial charge in [-0.25, -0.2) is 4.68 Å². The van der Waals surface area contributed by atoms with E-state index in [4.69, 9.17) is 24.7 Å². The van der Waals surface area contributed by atoms with Gasteiger partial charge in [-0.2, -0.15) is 4.98 Å². The molecule has 0 radical (unpaired) electrons. The summed E-state index contributed by atoms with van der Waals surface area (Å²) >= 11 is 0. The molecule has 9 heteroatoms. The maximum atomic E-state index is 5.58. The fourth-order valence-corrected chi connectivity index (χ4v) is 2.60. The topological polar surface area (TPSA) is 110 Å². The summed E-state index contributed by atoms with van der Waals surface area (Å²) < 4.78 is 17.0. The molecule has 1 aromatic rings. The molecule has 1 rings (SSSR count). The second-order valence-corrected chi connectivity index (χ2v) is 5.69. The first-order chi connectivity index (χ1) is 7.06. The monoisotopic (exact) mass is 233 g/mol. The first-order valence-corrected chi connectivity index (χ1v) is 6.11. The molecular weight excluding hydrogens is 218 g/mol. The lowest BCUT2D eigenvalue weighted by atomic mass is 11.0. The van der Waals surface area contributed by atoms with E-state index in [-0.39, 0.29) is 18.1 Å². The van der Waals surface area contributed by atoms with E-state index in [0.717, 1.165) is 0 Å². The van der Waals surface area contributed by atoms with Gasteiger partial charge in [0.25, 0.3) is 0 Å². The molecule has 0 bridgehead atoms. The summed E-state index contributed by atoms with van der Waals surface area (Å²) in [6.45, 7) is 0. The number of rotatable bonds is 5. The Kier molecular flexibility index (Phi) is 3.63. The zero-order valence-corrected chi connectivity index (χ0v) is 9.93. The fraction of sp³-hybridized carbons (Fsp3) is 0.667. The SMILES string of the molecule is CO[Si](Cn1nc(N)nc1N)(OC)OC. The molecule has 0 aliphatic rings. The molecule has 86 valence electrons. The van der Waals surface area contributed by atoms with Crippen LogP contribution in [0, 0.1) is 0 Å². The van der Waals surface area contributed by atoms with Crippen molar-refractivity contribution in [2.45, 2.75) is 6.17 Å². The maximum absolute atomic E-state index is 5.58. The molecule has 0 fully saturated rings. The summed E-state index contributed by atoms with van der Waals surface area (Å²) in [7, 11) is 1.78. The van der Waals surface area contributed by atoms with Crippen molar-refractivity contribution < 1.29 is 13.3 Å². The van der Waals surface area contributed by atoms with Crippen molar-refractivity contribution in [2.24, 2.45) is 0 Å². The van der Waals surface area contributed by atoms with Gasteiger partial charge in [0.2, 0.25) is 11.9 Å². The van der Waals surface area contributed by atoms with Crippen LogP contribution in [0.2, 0.25) is 0 Å². The van der Waals surface area contributed by atoms with Crippen molar-refractivity contribution in [2.75, 3.05) is 32.8 Å². The smallest absolute Gasteiger partial charge is 0.376 e. The number of hydrogen-bond donors (Lipinski definition) is 2. The van der Waals surface area contributed by atoms with E-state index in [2.05, 4.69) is 10.1 Å². The van der Waals surface area contributed by atoms with Crippen LogP contribution in [0.1, 0.15) is 0 Å². The predicted molar refractivity (Wildman–Crippen MR) is 55.6 cm³/mol. The average Bonchev–Trinajstić information content (AvgIpc) is 2.54. The van der Waals surface area contributed by atoms with Gasteiger partial charge in [-0.3, -0.25) is 0 Å². The van der Waals surface area contributed by atoms with Crippen molar-refractivity contribution in [3.8, 4) is 0 Å². The number of nitrogen functional groups attached to an aromatic ring is 2. The summed E-state index contributed by atoms with van der Waals surface area (Å²) in [6.07, 6.45) is 0.270. The first kappa shape index (κ1) is 11.9. The molecule has 0 aliphatic carbocycles. The summed E-state index contributed by atoms with van der Waals surface area (Å²) in [5.41, 5.74) is 11.0. The second kappa shape index (κ2) is 4.57. The Bertz CT molecular complexity index is 318. The van der Waals surface area contributed by atoms with Crippen molar-refractivity contribution in [3.05, 3.63) is 0 Å². The van der Waals surface area contributed by atoms with Crippen molar-refractivity contribution in [1.82, 2.24) is 14.8 Å². The van der Waals surface area contributed by atoms with E-state index in [9.17, 15) is 0 Å². The van der Waals surface area contributed by atoms with Gasteiger partial charge in [-0.05, 0) is 0 Å². The van der Waals surface area contributed by atoms with E-state index in [1.54, 1.807) is 0 Å². The molecule has 8 nitrogen and oxygen atoms in total. The number of aromatic nitrogens is 3. The van der Waals surface area contributed by atoms with Gasteiger partial charge in [-0.15, -0.1) is 5.10 Å². The Hall–Kier alpha value is -1.16. The van der Waals surface area contributed by atoms with E-state index in [1.165, 1.54) is 26.0 Å². The third-order valence-corrected chi connectivity index (χ3v) is 4.55. The average molecular weight is 233 g/mol. The molecule has 0 saturated heterocycles. The molecule has 0 spiro atoms. The molecular formula is C6H15N5O3Si. The normalized spacial score (nSPS) is 11.9. The number of nitrogens with two attached hydrogens (primary N) is 2. The summed E-state index contributed by atoms with van der Waals surface area (Å²) in [5, 5.41) is 3.89. The van der Waals surface area contributed by atoms with Gasteiger partial charge in [0.1, 0.15) is 6.17 Å². The van der Waals surface area contributed by atoms with E-state index >= 15 is 0 Å². The van der Waals surface area contributed by atoms with Gasteiger partial charge < -0.3 is 24.7 Å². The minimum absolute atomic E-state index is 0.110. The zero-order chi connectivity index (χ0) is 11.5. The molecule has 0 atom stereocenters. The van der Waals surface area contributed by atoms with E-state index in [1.807, 2.05) is 0 Å².